The quantitative estimate of drug-likeness (QED) is 0.396. The summed E-state index contributed by atoms with van der Waals surface area (Å²) in [4.78, 5) is 21.8. The number of ether oxygens (including phenoxy) is 1. The van der Waals surface area contributed by atoms with E-state index in [9.17, 15) is 14.9 Å². The molecule has 0 saturated carbocycles. The average Bonchev–Trinajstić information content (AvgIpc) is 2.41. The predicted octanol–water partition coefficient (Wildman–Crippen LogP) is 2.52. The lowest BCUT2D eigenvalue weighted by Gasteiger charge is -2.04. The van der Waals surface area contributed by atoms with Gasteiger partial charge in [-0.2, -0.15) is 0 Å². The largest absolute Gasteiger partial charge is 0.508 e. The Hall–Kier alpha value is -2.89. The Morgan fingerprint density at radius 3 is 2.47 bits per heavy atom. The van der Waals surface area contributed by atoms with E-state index in [-0.39, 0.29) is 22.7 Å². The van der Waals surface area contributed by atoms with Crippen molar-refractivity contribution in [3.8, 4) is 11.5 Å². The molecule has 0 saturated heterocycles. The Morgan fingerprint density at radius 1 is 1.16 bits per heavy atom. The highest BCUT2D eigenvalue weighted by molar-refractivity contribution is 5.91. The van der Waals surface area contributed by atoms with Crippen LogP contribution in [0, 0.1) is 10.1 Å². The zero-order valence-corrected chi connectivity index (χ0v) is 9.65. The minimum atomic E-state index is -0.700. The first-order chi connectivity index (χ1) is 9.06. The summed E-state index contributed by atoms with van der Waals surface area (Å²) in [5.74, 6) is -0.404. The number of hydrogen-bond donors (Lipinski definition) is 1. The number of esters is 1. The summed E-state index contributed by atoms with van der Waals surface area (Å²) < 4.78 is 5.02. The van der Waals surface area contributed by atoms with Crippen LogP contribution in [-0.4, -0.2) is 16.0 Å². The van der Waals surface area contributed by atoms with Crippen molar-refractivity contribution < 1.29 is 19.6 Å². The number of benzene rings is 2. The van der Waals surface area contributed by atoms with Gasteiger partial charge in [0.2, 0.25) is 0 Å². The minimum absolute atomic E-state index is 0.0511. The summed E-state index contributed by atoms with van der Waals surface area (Å²) in [5.41, 5.74) is -0.0950. The molecular weight excluding hydrogens is 250 g/mol. The molecule has 2 aromatic rings. The first kappa shape index (κ1) is 12.6. The monoisotopic (exact) mass is 259 g/mol. The van der Waals surface area contributed by atoms with E-state index in [2.05, 4.69) is 0 Å². The second-order valence-corrected chi connectivity index (χ2v) is 3.69. The molecule has 19 heavy (non-hydrogen) atoms. The molecule has 0 aromatic heterocycles. The molecule has 0 aliphatic heterocycles. The molecule has 6 heteroatoms. The maximum atomic E-state index is 11.8. The SMILES string of the molecule is O=C(Oc1ccc(O)cc1)c1cccc([N+](=O)[O-])c1. The van der Waals surface area contributed by atoms with Crippen LogP contribution in [0.1, 0.15) is 10.4 Å². The molecule has 1 N–H and O–H groups in total. The van der Waals surface area contributed by atoms with E-state index in [0.29, 0.717) is 0 Å². The van der Waals surface area contributed by atoms with Gasteiger partial charge in [0.1, 0.15) is 11.5 Å². The van der Waals surface area contributed by atoms with Gasteiger partial charge in [-0.3, -0.25) is 10.1 Å². The fourth-order valence-electron chi connectivity index (χ4n) is 1.43. The first-order valence-electron chi connectivity index (χ1n) is 5.32. The highest BCUT2D eigenvalue weighted by atomic mass is 16.6. The minimum Gasteiger partial charge on any atom is -0.508 e. The molecule has 0 aliphatic rings. The van der Waals surface area contributed by atoms with Crippen molar-refractivity contribution in [2.24, 2.45) is 0 Å². The molecule has 2 rings (SSSR count). The fraction of sp³-hybridized carbons (Fsp3) is 0. The van der Waals surface area contributed by atoms with Gasteiger partial charge in [-0.1, -0.05) is 6.07 Å². The molecule has 0 radical (unpaired) electrons. The summed E-state index contributed by atoms with van der Waals surface area (Å²) in [7, 11) is 0. The van der Waals surface area contributed by atoms with Crippen molar-refractivity contribution in [1.82, 2.24) is 0 Å². The van der Waals surface area contributed by atoms with Crippen LogP contribution in [0.3, 0.4) is 0 Å². The molecule has 0 atom stereocenters. The fourth-order valence-corrected chi connectivity index (χ4v) is 1.43. The smallest absolute Gasteiger partial charge is 0.343 e. The molecule has 6 nitrogen and oxygen atoms in total. The number of nitro benzene ring substituents is 1. The highest BCUT2D eigenvalue weighted by Crippen LogP contribution is 2.19. The summed E-state index contributed by atoms with van der Waals surface area (Å²) in [5, 5.41) is 19.7. The lowest BCUT2D eigenvalue weighted by atomic mass is 10.2. The number of hydrogen-bond acceptors (Lipinski definition) is 5. The van der Waals surface area contributed by atoms with Crippen LogP contribution in [0.25, 0.3) is 0 Å². The maximum Gasteiger partial charge on any atom is 0.343 e. The Kier molecular flexibility index (Phi) is 3.42. The number of carbonyl (C=O) groups excluding carboxylic acids is 1. The van der Waals surface area contributed by atoms with Crippen molar-refractivity contribution >= 4 is 11.7 Å². The normalized spacial score (nSPS) is 9.89. The Morgan fingerprint density at radius 2 is 1.84 bits per heavy atom. The summed E-state index contributed by atoms with van der Waals surface area (Å²) >= 11 is 0. The second kappa shape index (κ2) is 5.18. The van der Waals surface area contributed by atoms with Crippen molar-refractivity contribution in [3.63, 3.8) is 0 Å². The van der Waals surface area contributed by atoms with Gasteiger partial charge in [0, 0.05) is 12.1 Å². The number of carbonyl (C=O) groups is 1. The van der Waals surface area contributed by atoms with Gasteiger partial charge < -0.3 is 9.84 Å². The third-order valence-electron chi connectivity index (χ3n) is 2.34. The van der Waals surface area contributed by atoms with E-state index in [1.54, 1.807) is 0 Å². The van der Waals surface area contributed by atoms with Gasteiger partial charge >= 0.3 is 5.97 Å². The van der Waals surface area contributed by atoms with Gasteiger partial charge in [0.05, 0.1) is 10.5 Å². The molecule has 96 valence electrons. The lowest BCUT2D eigenvalue weighted by molar-refractivity contribution is -0.384. The van der Waals surface area contributed by atoms with Crippen LogP contribution in [-0.2, 0) is 0 Å². The van der Waals surface area contributed by atoms with Crippen LogP contribution < -0.4 is 4.74 Å². The van der Waals surface area contributed by atoms with E-state index < -0.39 is 10.9 Å². The molecular formula is C13H9NO5. The first-order valence-corrected chi connectivity index (χ1v) is 5.32. The molecule has 0 amide bonds. The third-order valence-corrected chi connectivity index (χ3v) is 2.34. The summed E-state index contributed by atoms with van der Waals surface area (Å²) in [6.45, 7) is 0. The zero-order chi connectivity index (χ0) is 13.8. The van der Waals surface area contributed by atoms with Gasteiger partial charge in [0.25, 0.3) is 5.69 Å². The second-order valence-electron chi connectivity index (χ2n) is 3.69. The third kappa shape index (κ3) is 3.06. The Labute approximate surface area is 108 Å². The van der Waals surface area contributed by atoms with Crippen LogP contribution in [0.2, 0.25) is 0 Å². The topological polar surface area (TPSA) is 89.7 Å². The van der Waals surface area contributed by atoms with Crippen molar-refractivity contribution in [3.05, 3.63) is 64.2 Å². The summed E-state index contributed by atoms with van der Waals surface area (Å²) in [6, 6.07) is 10.8. The van der Waals surface area contributed by atoms with E-state index in [1.165, 1.54) is 42.5 Å². The van der Waals surface area contributed by atoms with E-state index in [0.717, 1.165) is 6.07 Å². The van der Waals surface area contributed by atoms with Crippen LogP contribution >= 0.6 is 0 Å². The highest BCUT2D eigenvalue weighted by Gasteiger charge is 2.13. The van der Waals surface area contributed by atoms with Crippen molar-refractivity contribution in [2.45, 2.75) is 0 Å². The molecule has 0 heterocycles. The van der Waals surface area contributed by atoms with Gasteiger partial charge in [0.15, 0.2) is 0 Å². The van der Waals surface area contributed by atoms with Gasteiger partial charge in [-0.25, -0.2) is 4.79 Å². The van der Waals surface area contributed by atoms with E-state index in [1.807, 2.05) is 0 Å². The predicted molar refractivity (Wildman–Crippen MR) is 66.2 cm³/mol. The van der Waals surface area contributed by atoms with Crippen LogP contribution in [0.15, 0.2) is 48.5 Å². The number of phenols is 1. The molecule has 2 aromatic carbocycles. The molecule has 0 aliphatic carbocycles. The standard InChI is InChI=1S/C13H9NO5/c15-11-4-6-12(7-5-11)19-13(16)9-2-1-3-10(8-9)14(17)18/h1-8,15H. The molecule has 0 bridgehead atoms. The van der Waals surface area contributed by atoms with Crippen molar-refractivity contribution in [1.29, 1.82) is 0 Å². The number of rotatable bonds is 3. The number of nitrogens with zero attached hydrogens (tertiary/aromatic N) is 1. The number of phenolic OH excluding ortho intramolecular Hbond substituents is 1. The molecule has 0 unspecified atom stereocenters. The zero-order valence-electron chi connectivity index (χ0n) is 9.65. The maximum absolute atomic E-state index is 11.8. The van der Waals surface area contributed by atoms with E-state index >= 15 is 0 Å². The number of non-ortho nitro benzene ring substituents is 1. The van der Waals surface area contributed by atoms with Crippen LogP contribution in [0.5, 0.6) is 11.5 Å². The van der Waals surface area contributed by atoms with E-state index in [4.69, 9.17) is 9.84 Å². The number of aromatic hydroxyl groups is 1. The Balaban J connectivity index is 2.18. The van der Waals surface area contributed by atoms with Gasteiger partial charge in [-0.05, 0) is 30.3 Å². The van der Waals surface area contributed by atoms with Crippen molar-refractivity contribution in [2.75, 3.05) is 0 Å². The Bertz CT molecular complexity index is 621. The lowest BCUT2D eigenvalue weighted by Crippen LogP contribution is -2.08. The van der Waals surface area contributed by atoms with Crippen LogP contribution in [0.4, 0.5) is 5.69 Å². The molecule has 0 fully saturated rings. The average molecular weight is 259 g/mol. The summed E-state index contributed by atoms with van der Waals surface area (Å²) in [6.07, 6.45) is 0. The number of nitro groups is 1. The molecule has 0 spiro atoms. The van der Waals surface area contributed by atoms with Gasteiger partial charge in [-0.15, -0.1) is 0 Å².